The van der Waals surface area contributed by atoms with Crippen LogP contribution >= 0.6 is 22.9 Å². The molecule has 20 heavy (non-hydrogen) atoms. The second-order valence-corrected chi connectivity index (χ2v) is 7.17. The molecule has 0 aliphatic carbocycles. The highest BCUT2D eigenvalue weighted by Gasteiger charge is 2.09. The van der Waals surface area contributed by atoms with Crippen LogP contribution in [0.3, 0.4) is 0 Å². The topological polar surface area (TPSA) is 72.2 Å². The Bertz CT molecular complexity index is 629. The van der Waals surface area contributed by atoms with E-state index in [2.05, 4.69) is 5.32 Å². The van der Waals surface area contributed by atoms with Crippen LogP contribution in [0.25, 0.3) is 0 Å². The molecular formula is C13H13ClN2O2S2. The first-order valence-electron chi connectivity index (χ1n) is 5.83. The van der Waals surface area contributed by atoms with E-state index >= 15 is 0 Å². The number of hydrogen-bond acceptors (Lipinski definition) is 4. The number of anilines is 2. The Labute approximate surface area is 128 Å². The van der Waals surface area contributed by atoms with E-state index in [4.69, 9.17) is 17.3 Å². The summed E-state index contributed by atoms with van der Waals surface area (Å²) in [5, 5.41) is 5.01. The molecule has 0 aliphatic heterocycles. The Morgan fingerprint density at radius 1 is 1.40 bits per heavy atom. The van der Waals surface area contributed by atoms with Gasteiger partial charge in [0, 0.05) is 17.9 Å². The van der Waals surface area contributed by atoms with Crippen LogP contribution in [0.4, 0.5) is 11.4 Å². The van der Waals surface area contributed by atoms with Crippen LogP contribution < -0.4 is 11.1 Å². The molecule has 7 heteroatoms. The van der Waals surface area contributed by atoms with Gasteiger partial charge in [-0.3, -0.25) is 9.00 Å². The number of nitrogen functional groups attached to an aromatic ring is 1. The van der Waals surface area contributed by atoms with Crippen LogP contribution in [0.5, 0.6) is 0 Å². The average molecular weight is 329 g/mol. The van der Waals surface area contributed by atoms with Gasteiger partial charge >= 0.3 is 0 Å². The smallest absolute Gasteiger partial charge is 0.225 e. The molecule has 106 valence electrons. The van der Waals surface area contributed by atoms with Gasteiger partial charge in [-0.15, -0.1) is 11.3 Å². The minimum atomic E-state index is -1.13. The van der Waals surface area contributed by atoms with Crippen molar-refractivity contribution in [1.82, 2.24) is 0 Å². The third kappa shape index (κ3) is 4.06. The summed E-state index contributed by atoms with van der Waals surface area (Å²) in [7, 11) is -1.13. The summed E-state index contributed by atoms with van der Waals surface area (Å²) < 4.78 is 12.7. The molecule has 2 aromatic rings. The number of halogens is 1. The SMILES string of the molecule is Nc1cc(NC(=O)CCS(=O)c2cccs2)ccc1Cl. The Morgan fingerprint density at radius 2 is 2.20 bits per heavy atom. The quantitative estimate of drug-likeness (QED) is 0.828. The van der Waals surface area contributed by atoms with Gasteiger partial charge in [-0.05, 0) is 29.6 Å². The summed E-state index contributed by atoms with van der Waals surface area (Å²) in [5.74, 6) is 0.103. The summed E-state index contributed by atoms with van der Waals surface area (Å²) in [5.41, 5.74) is 6.64. The van der Waals surface area contributed by atoms with Gasteiger partial charge in [0.1, 0.15) is 0 Å². The van der Waals surface area contributed by atoms with Crippen LogP contribution in [0.15, 0.2) is 39.9 Å². The van der Waals surface area contributed by atoms with E-state index in [9.17, 15) is 9.00 Å². The highest BCUT2D eigenvalue weighted by Crippen LogP contribution is 2.22. The predicted octanol–water partition coefficient (Wildman–Crippen LogP) is 3.12. The zero-order valence-electron chi connectivity index (χ0n) is 10.5. The molecule has 0 radical (unpaired) electrons. The van der Waals surface area contributed by atoms with Gasteiger partial charge in [0.2, 0.25) is 5.91 Å². The van der Waals surface area contributed by atoms with Gasteiger partial charge in [0.05, 0.1) is 25.7 Å². The van der Waals surface area contributed by atoms with Crippen molar-refractivity contribution in [3.63, 3.8) is 0 Å². The lowest BCUT2D eigenvalue weighted by molar-refractivity contribution is -0.115. The summed E-state index contributed by atoms with van der Waals surface area (Å²) >= 11 is 7.23. The van der Waals surface area contributed by atoms with E-state index in [-0.39, 0.29) is 12.3 Å². The van der Waals surface area contributed by atoms with Crippen molar-refractivity contribution in [2.45, 2.75) is 10.6 Å². The molecule has 1 amide bonds. The lowest BCUT2D eigenvalue weighted by atomic mass is 10.2. The number of benzene rings is 1. The number of hydrogen-bond donors (Lipinski definition) is 2. The van der Waals surface area contributed by atoms with Crippen molar-refractivity contribution in [1.29, 1.82) is 0 Å². The molecule has 0 spiro atoms. The molecule has 1 heterocycles. The molecule has 0 aliphatic rings. The summed E-state index contributed by atoms with van der Waals surface area (Å²) in [6.07, 6.45) is 0.188. The van der Waals surface area contributed by atoms with Crippen molar-refractivity contribution >= 4 is 51.0 Å². The maximum atomic E-state index is 11.9. The Hall–Kier alpha value is -1.37. The van der Waals surface area contributed by atoms with Gasteiger partial charge in [0.25, 0.3) is 0 Å². The zero-order valence-corrected chi connectivity index (χ0v) is 12.9. The Morgan fingerprint density at radius 3 is 2.85 bits per heavy atom. The number of rotatable bonds is 5. The largest absolute Gasteiger partial charge is 0.397 e. The lowest BCUT2D eigenvalue weighted by Gasteiger charge is -2.06. The number of thiophene rings is 1. The molecule has 1 atom stereocenters. The Kier molecular flexibility index (Phi) is 5.17. The van der Waals surface area contributed by atoms with E-state index in [1.807, 2.05) is 11.4 Å². The fraction of sp³-hybridized carbons (Fsp3) is 0.154. The number of nitrogens with two attached hydrogens (primary N) is 1. The van der Waals surface area contributed by atoms with Crippen molar-refractivity contribution in [2.24, 2.45) is 0 Å². The van der Waals surface area contributed by atoms with Crippen molar-refractivity contribution < 1.29 is 9.00 Å². The number of carbonyl (C=O) groups is 1. The molecule has 2 rings (SSSR count). The standard InChI is InChI=1S/C13H13ClN2O2S2/c14-10-4-3-9(8-11(10)15)16-12(17)5-7-20(18)13-2-1-6-19-13/h1-4,6,8H,5,7,15H2,(H,16,17). The molecule has 1 aromatic heterocycles. The van der Waals surface area contributed by atoms with Crippen molar-refractivity contribution in [2.75, 3.05) is 16.8 Å². The van der Waals surface area contributed by atoms with Crippen LogP contribution in [-0.4, -0.2) is 15.9 Å². The Balaban J connectivity index is 1.86. The van der Waals surface area contributed by atoms with E-state index < -0.39 is 10.8 Å². The number of carbonyl (C=O) groups excluding carboxylic acids is 1. The zero-order chi connectivity index (χ0) is 14.5. The number of nitrogens with one attached hydrogen (secondary N) is 1. The highest BCUT2D eigenvalue weighted by molar-refractivity contribution is 7.87. The van der Waals surface area contributed by atoms with E-state index in [1.54, 1.807) is 24.3 Å². The monoisotopic (exact) mass is 328 g/mol. The lowest BCUT2D eigenvalue weighted by Crippen LogP contribution is -2.14. The molecule has 1 aromatic carbocycles. The molecule has 0 saturated carbocycles. The van der Waals surface area contributed by atoms with E-state index in [1.165, 1.54) is 11.3 Å². The third-order valence-electron chi connectivity index (χ3n) is 2.51. The molecule has 0 saturated heterocycles. The maximum absolute atomic E-state index is 11.9. The van der Waals surface area contributed by atoms with Crippen LogP contribution in [0.2, 0.25) is 5.02 Å². The first-order chi connectivity index (χ1) is 9.56. The van der Waals surface area contributed by atoms with Crippen molar-refractivity contribution in [3.05, 3.63) is 40.7 Å². The fourth-order valence-corrected chi connectivity index (χ4v) is 3.74. The number of amides is 1. The maximum Gasteiger partial charge on any atom is 0.225 e. The van der Waals surface area contributed by atoms with Gasteiger partial charge in [-0.25, -0.2) is 0 Å². The van der Waals surface area contributed by atoms with E-state index in [0.717, 1.165) is 4.21 Å². The molecule has 0 fully saturated rings. The summed E-state index contributed by atoms with van der Waals surface area (Å²) in [6, 6.07) is 8.53. The summed E-state index contributed by atoms with van der Waals surface area (Å²) in [6.45, 7) is 0. The van der Waals surface area contributed by atoms with Gasteiger partial charge < -0.3 is 11.1 Å². The molecule has 4 nitrogen and oxygen atoms in total. The first kappa shape index (κ1) is 15.0. The van der Waals surface area contributed by atoms with E-state index in [0.29, 0.717) is 22.2 Å². The predicted molar refractivity (Wildman–Crippen MR) is 84.7 cm³/mol. The van der Waals surface area contributed by atoms with Gasteiger partial charge in [0.15, 0.2) is 0 Å². The van der Waals surface area contributed by atoms with Gasteiger partial charge in [-0.2, -0.15) is 0 Å². The summed E-state index contributed by atoms with van der Waals surface area (Å²) in [4.78, 5) is 11.8. The van der Waals surface area contributed by atoms with Crippen LogP contribution in [0, 0.1) is 0 Å². The van der Waals surface area contributed by atoms with Crippen LogP contribution in [0.1, 0.15) is 6.42 Å². The second-order valence-electron chi connectivity index (χ2n) is 4.02. The normalized spacial score (nSPS) is 12.1. The fourth-order valence-electron chi connectivity index (χ4n) is 1.52. The molecule has 0 bridgehead atoms. The van der Waals surface area contributed by atoms with Crippen LogP contribution in [-0.2, 0) is 15.6 Å². The van der Waals surface area contributed by atoms with Crippen molar-refractivity contribution in [3.8, 4) is 0 Å². The minimum absolute atomic E-state index is 0.188. The highest BCUT2D eigenvalue weighted by atomic mass is 35.5. The molecule has 1 unspecified atom stereocenters. The average Bonchev–Trinajstić information content (AvgIpc) is 2.94. The van der Waals surface area contributed by atoms with Gasteiger partial charge in [-0.1, -0.05) is 17.7 Å². The molecule has 3 N–H and O–H groups in total. The third-order valence-corrected chi connectivity index (χ3v) is 5.53. The molecular weight excluding hydrogens is 316 g/mol. The second kappa shape index (κ2) is 6.88. The minimum Gasteiger partial charge on any atom is -0.397 e. The first-order valence-corrected chi connectivity index (χ1v) is 8.40.